The number of fused-ring (bicyclic) bond motifs is 1. The van der Waals surface area contributed by atoms with Gasteiger partial charge in [-0.2, -0.15) is 0 Å². The number of halogens is 1. The molecule has 0 radical (unpaired) electrons. The molecular weight excluding hydrogens is 364 g/mol. The third kappa shape index (κ3) is 2.53. The van der Waals surface area contributed by atoms with Crippen LogP contribution in [0.3, 0.4) is 0 Å². The lowest BCUT2D eigenvalue weighted by Crippen LogP contribution is -2.02. The van der Waals surface area contributed by atoms with Crippen molar-refractivity contribution in [3.8, 4) is 0 Å². The van der Waals surface area contributed by atoms with E-state index < -0.39 is 0 Å². The van der Waals surface area contributed by atoms with E-state index in [4.69, 9.17) is 0 Å². The molecule has 0 unspecified atom stereocenters. The van der Waals surface area contributed by atoms with E-state index in [2.05, 4.69) is 25.9 Å². The van der Waals surface area contributed by atoms with E-state index in [1.165, 1.54) is 11.3 Å². The molecule has 0 fully saturated rings. The number of H-pyrrole nitrogens is 1. The van der Waals surface area contributed by atoms with E-state index in [1.807, 2.05) is 19.1 Å². The fraction of sp³-hybridized carbons (Fsp3) is 0.188. The summed E-state index contributed by atoms with van der Waals surface area (Å²) in [6.07, 6.45) is 2.08. The number of aromatic amines is 1. The van der Waals surface area contributed by atoms with Gasteiger partial charge < -0.3 is 4.98 Å². The number of aryl methyl sites for hydroxylation is 1. The third-order valence-corrected chi connectivity index (χ3v) is 4.90. The number of carbonyl (C=O) groups is 2. The van der Waals surface area contributed by atoms with Crippen LogP contribution in [0.2, 0.25) is 0 Å². The van der Waals surface area contributed by atoms with Gasteiger partial charge in [0.15, 0.2) is 10.8 Å². The van der Waals surface area contributed by atoms with Crippen LogP contribution in [0.1, 0.15) is 44.8 Å². The predicted octanol–water partition coefficient (Wildman–Crippen LogP) is 4.52. The first kappa shape index (κ1) is 15.1. The molecule has 1 N–H and O–H groups in total. The lowest BCUT2D eigenvalue weighted by Gasteiger charge is -2.00. The molecule has 112 valence electrons. The number of Topliss-reactive ketones (excluding diaryl/α,β-unsaturated/α-hetero) is 1. The van der Waals surface area contributed by atoms with Gasteiger partial charge in [-0.3, -0.25) is 9.59 Å². The number of nitrogens with one attached hydrogen (secondary N) is 1. The molecule has 0 aliphatic carbocycles. The summed E-state index contributed by atoms with van der Waals surface area (Å²) in [6, 6.07) is 3.96. The lowest BCUT2D eigenvalue weighted by atomic mass is 10.1. The van der Waals surface area contributed by atoms with Crippen molar-refractivity contribution in [2.45, 2.75) is 20.3 Å². The molecule has 0 aliphatic rings. The molecule has 0 atom stereocenters. The van der Waals surface area contributed by atoms with Gasteiger partial charge in [0.2, 0.25) is 5.78 Å². The quantitative estimate of drug-likeness (QED) is 0.680. The van der Waals surface area contributed by atoms with E-state index >= 15 is 0 Å². The van der Waals surface area contributed by atoms with Crippen molar-refractivity contribution in [1.29, 1.82) is 0 Å². The molecule has 0 spiro atoms. The summed E-state index contributed by atoms with van der Waals surface area (Å²) in [7, 11) is 0. The molecule has 4 nitrogen and oxygen atoms in total. The second-order valence-corrected chi connectivity index (χ2v) is 6.73. The smallest absolute Gasteiger partial charge is 0.223 e. The van der Waals surface area contributed by atoms with Crippen LogP contribution in [0.4, 0.5) is 0 Å². The van der Waals surface area contributed by atoms with Gasteiger partial charge in [-0.1, -0.05) is 6.92 Å². The number of hydrogen-bond acceptors (Lipinski definition) is 4. The average molecular weight is 377 g/mol. The highest BCUT2D eigenvalue weighted by molar-refractivity contribution is 9.10. The minimum absolute atomic E-state index is 0.0483. The fourth-order valence-corrected chi connectivity index (χ4v) is 3.78. The second kappa shape index (κ2) is 5.78. The zero-order valence-electron chi connectivity index (χ0n) is 12.1. The van der Waals surface area contributed by atoms with Crippen molar-refractivity contribution >= 4 is 49.7 Å². The van der Waals surface area contributed by atoms with Gasteiger partial charge in [-0.05, 0) is 40.5 Å². The molecule has 3 rings (SSSR count). The first-order valence-electron chi connectivity index (χ1n) is 6.82. The fourth-order valence-electron chi connectivity index (χ4n) is 2.31. The monoisotopic (exact) mass is 376 g/mol. The zero-order valence-corrected chi connectivity index (χ0v) is 14.5. The maximum atomic E-state index is 12.7. The van der Waals surface area contributed by atoms with Crippen LogP contribution in [-0.2, 0) is 0 Å². The van der Waals surface area contributed by atoms with Crippen molar-refractivity contribution < 1.29 is 9.59 Å². The normalized spacial score (nSPS) is 11.0. The number of hydrogen-bond donors (Lipinski definition) is 1. The van der Waals surface area contributed by atoms with Gasteiger partial charge in [0, 0.05) is 27.9 Å². The molecule has 0 saturated heterocycles. The van der Waals surface area contributed by atoms with Crippen molar-refractivity contribution in [3.63, 3.8) is 0 Å². The molecular formula is C16H13BrN2O2S. The summed E-state index contributed by atoms with van der Waals surface area (Å²) in [5.41, 5.74) is 2.89. The summed E-state index contributed by atoms with van der Waals surface area (Å²) in [5, 5.41) is 2.85. The van der Waals surface area contributed by atoms with Crippen LogP contribution >= 0.6 is 27.3 Å². The largest absolute Gasteiger partial charge is 0.360 e. The molecule has 1 aromatic carbocycles. The maximum Gasteiger partial charge on any atom is 0.223 e. The van der Waals surface area contributed by atoms with Crippen LogP contribution in [-0.4, -0.2) is 21.5 Å². The van der Waals surface area contributed by atoms with Crippen molar-refractivity contribution in [2.24, 2.45) is 0 Å². The Morgan fingerprint density at radius 1 is 1.36 bits per heavy atom. The van der Waals surface area contributed by atoms with E-state index in [1.54, 1.807) is 18.5 Å². The molecule has 0 saturated carbocycles. The molecule has 0 bridgehead atoms. The van der Waals surface area contributed by atoms with Crippen LogP contribution in [0.15, 0.2) is 28.2 Å². The molecule has 2 aromatic heterocycles. The number of aromatic nitrogens is 2. The minimum atomic E-state index is -0.163. The summed E-state index contributed by atoms with van der Waals surface area (Å²) in [6.45, 7) is 3.76. The third-order valence-electron chi connectivity index (χ3n) is 3.44. The van der Waals surface area contributed by atoms with E-state index in [0.29, 0.717) is 22.7 Å². The predicted molar refractivity (Wildman–Crippen MR) is 90.9 cm³/mol. The molecule has 22 heavy (non-hydrogen) atoms. The van der Waals surface area contributed by atoms with Crippen LogP contribution in [0, 0.1) is 6.92 Å². The number of ketones is 2. The van der Waals surface area contributed by atoms with Gasteiger partial charge >= 0.3 is 0 Å². The van der Waals surface area contributed by atoms with Crippen LogP contribution < -0.4 is 0 Å². The molecule has 0 aliphatic heterocycles. The Hall–Kier alpha value is -1.79. The SMILES string of the molecule is CCC(=O)c1csc(C(=O)c2c[nH]c3c(Br)cc(C)cc23)n1. The van der Waals surface area contributed by atoms with E-state index in [-0.39, 0.29) is 11.6 Å². The van der Waals surface area contributed by atoms with Crippen molar-refractivity contribution in [3.05, 3.63) is 50.0 Å². The van der Waals surface area contributed by atoms with Crippen LogP contribution in [0.5, 0.6) is 0 Å². The number of rotatable bonds is 4. The molecule has 0 amide bonds. The average Bonchev–Trinajstić information content (AvgIpc) is 3.12. The maximum absolute atomic E-state index is 12.7. The minimum Gasteiger partial charge on any atom is -0.360 e. The van der Waals surface area contributed by atoms with Gasteiger partial charge in [0.05, 0.1) is 11.1 Å². The Bertz CT molecular complexity index is 895. The van der Waals surface area contributed by atoms with Crippen molar-refractivity contribution in [2.75, 3.05) is 0 Å². The first-order chi connectivity index (χ1) is 10.5. The summed E-state index contributed by atoms with van der Waals surface area (Å²) in [5.74, 6) is -0.211. The first-order valence-corrected chi connectivity index (χ1v) is 8.49. The van der Waals surface area contributed by atoms with E-state index in [9.17, 15) is 9.59 Å². The highest BCUT2D eigenvalue weighted by Gasteiger charge is 2.20. The summed E-state index contributed by atoms with van der Waals surface area (Å²) >= 11 is 4.71. The van der Waals surface area contributed by atoms with Crippen molar-refractivity contribution in [1.82, 2.24) is 9.97 Å². The highest BCUT2D eigenvalue weighted by Crippen LogP contribution is 2.29. The highest BCUT2D eigenvalue weighted by atomic mass is 79.9. The zero-order chi connectivity index (χ0) is 15.9. The van der Waals surface area contributed by atoms with Gasteiger partial charge in [0.1, 0.15) is 5.69 Å². The Kier molecular flexibility index (Phi) is 3.97. The lowest BCUT2D eigenvalue weighted by molar-refractivity contribution is 0.0984. The van der Waals surface area contributed by atoms with Gasteiger partial charge in [-0.15, -0.1) is 11.3 Å². The molecule has 2 heterocycles. The van der Waals surface area contributed by atoms with Gasteiger partial charge in [0.25, 0.3) is 0 Å². The standard InChI is InChI=1S/C16H13BrN2O2S/c1-3-13(20)12-7-22-16(19-12)15(21)10-6-18-14-9(10)4-8(2)5-11(14)17/h4-7,18H,3H2,1-2H3. The number of benzene rings is 1. The van der Waals surface area contributed by atoms with Gasteiger partial charge in [-0.25, -0.2) is 4.98 Å². The number of thiazole rings is 1. The Balaban J connectivity index is 2.06. The molecule has 3 aromatic rings. The Morgan fingerprint density at radius 3 is 2.86 bits per heavy atom. The topological polar surface area (TPSA) is 62.8 Å². The summed E-state index contributed by atoms with van der Waals surface area (Å²) < 4.78 is 0.919. The Morgan fingerprint density at radius 2 is 2.14 bits per heavy atom. The molecule has 6 heteroatoms. The Labute approximate surface area is 139 Å². The number of nitrogens with zero attached hydrogens (tertiary/aromatic N) is 1. The van der Waals surface area contributed by atoms with E-state index in [0.717, 1.165) is 20.9 Å². The van der Waals surface area contributed by atoms with Crippen LogP contribution in [0.25, 0.3) is 10.9 Å². The second-order valence-electron chi connectivity index (χ2n) is 5.02. The summed E-state index contributed by atoms with van der Waals surface area (Å²) in [4.78, 5) is 31.6. The number of carbonyl (C=O) groups excluding carboxylic acids is 2.